The molecule has 1 aromatic rings. The van der Waals surface area contributed by atoms with Crippen molar-refractivity contribution in [2.45, 2.75) is 45.4 Å². The largest absolute Gasteiger partial charge is 0.481 e. The van der Waals surface area contributed by atoms with Crippen LogP contribution in [-0.2, 0) is 4.79 Å². The lowest BCUT2D eigenvalue weighted by Crippen LogP contribution is -2.20. The normalized spacial score (nSPS) is 18.2. The number of hydrogen-bond donors (Lipinski definition) is 1. The zero-order chi connectivity index (χ0) is 12.4. The SMILES string of the molecule is Cc1ccc(C)c(C(C(=O)O)C2CCCC2)c1. The van der Waals surface area contributed by atoms with Gasteiger partial charge in [0.1, 0.15) is 0 Å². The Morgan fingerprint density at radius 1 is 1.29 bits per heavy atom. The summed E-state index contributed by atoms with van der Waals surface area (Å²) >= 11 is 0. The van der Waals surface area contributed by atoms with E-state index in [4.69, 9.17) is 0 Å². The van der Waals surface area contributed by atoms with Gasteiger partial charge in [-0.3, -0.25) is 4.79 Å². The van der Waals surface area contributed by atoms with Gasteiger partial charge in [0, 0.05) is 0 Å². The second-order valence-electron chi connectivity index (χ2n) is 5.22. The molecule has 2 rings (SSSR count). The molecule has 1 unspecified atom stereocenters. The van der Waals surface area contributed by atoms with E-state index in [2.05, 4.69) is 0 Å². The molecule has 1 saturated carbocycles. The van der Waals surface area contributed by atoms with Crippen LogP contribution < -0.4 is 0 Å². The summed E-state index contributed by atoms with van der Waals surface area (Å²) in [4.78, 5) is 11.6. The van der Waals surface area contributed by atoms with Crippen LogP contribution in [0.4, 0.5) is 0 Å². The van der Waals surface area contributed by atoms with E-state index in [1.165, 1.54) is 12.8 Å². The van der Waals surface area contributed by atoms with Crippen molar-refractivity contribution >= 4 is 5.97 Å². The highest BCUT2D eigenvalue weighted by molar-refractivity contribution is 5.77. The van der Waals surface area contributed by atoms with E-state index in [1.807, 2.05) is 32.0 Å². The highest BCUT2D eigenvalue weighted by Crippen LogP contribution is 2.38. The van der Waals surface area contributed by atoms with Gasteiger partial charge in [-0.05, 0) is 43.7 Å². The lowest BCUT2D eigenvalue weighted by atomic mass is 9.82. The molecule has 1 aliphatic rings. The van der Waals surface area contributed by atoms with Crippen LogP contribution in [0.2, 0.25) is 0 Å². The molecule has 0 aliphatic heterocycles. The van der Waals surface area contributed by atoms with Crippen molar-refractivity contribution in [3.63, 3.8) is 0 Å². The predicted octanol–water partition coefficient (Wildman–Crippen LogP) is 3.66. The fraction of sp³-hybridized carbons (Fsp3) is 0.533. The zero-order valence-corrected chi connectivity index (χ0v) is 10.6. The number of aryl methyl sites for hydroxylation is 2. The van der Waals surface area contributed by atoms with Gasteiger partial charge in [0.2, 0.25) is 0 Å². The summed E-state index contributed by atoms with van der Waals surface area (Å²) in [5, 5.41) is 9.50. The molecule has 2 nitrogen and oxygen atoms in total. The summed E-state index contributed by atoms with van der Waals surface area (Å²) in [6, 6.07) is 6.13. The van der Waals surface area contributed by atoms with Crippen molar-refractivity contribution < 1.29 is 9.90 Å². The van der Waals surface area contributed by atoms with Gasteiger partial charge >= 0.3 is 5.97 Å². The summed E-state index contributed by atoms with van der Waals surface area (Å²) in [6.45, 7) is 4.04. The highest BCUT2D eigenvalue weighted by atomic mass is 16.4. The Balaban J connectivity index is 2.37. The third-order valence-electron chi connectivity index (χ3n) is 3.91. The van der Waals surface area contributed by atoms with E-state index in [0.29, 0.717) is 5.92 Å². The molecule has 0 heterocycles. The number of carboxylic acids is 1. The minimum atomic E-state index is -0.661. The average molecular weight is 232 g/mol. The quantitative estimate of drug-likeness (QED) is 0.863. The topological polar surface area (TPSA) is 37.3 Å². The van der Waals surface area contributed by atoms with Crippen LogP contribution in [0.25, 0.3) is 0 Å². The van der Waals surface area contributed by atoms with E-state index < -0.39 is 5.97 Å². The first-order valence-corrected chi connectivity index (χ1v) is 6.39. The maximum absolute atomic E-state index is 11.6. The molecule has 0 amide bonds. The highest BCUT2D eigenvalue weighted by Gasteiger charge is 2.32. The molecule has 0 bridgehead atoms. The smallest absolute Gasteiger partial charge is 0.311 e. The average Bonchev–Trinajstić information content (AvgIpc) is 2.76. The van der Waals surface area contributed by atoms with Gasteiger partial charge in [0.15, 0.2) is 0 Å². The van der Waals surface area contributed by atoms with Gasteiger partial charge < -0.3 is 5.11 Å². The number of rotatable bonds is 3. The summed E-state index contributed by atoms with van der Waals surface area (Å²) < 4.78 is 0. The maximum Gasteiger partial charge on any atom is 0.311 e. The number of hydrogen-bond acceptors (Lipinski definition) is 1. The first-order valence-electron chi connectivity index (χ1n) is 6.39. The fourth-order valence-corrected chi connectivity index (χ4v) is 2.97. The first-order chi connectivity index (χ1) is 8.09. The first kappa shape index (κ1) is 12.2. The van der Waals surface area contributed by atoms with E-state index in [1.54, 1.807) is 0 Å². The third-order valence-corrected chi connectivity index (χ3v) is 3.91. The second kappa shape index (κ2) is 4.91. The third kappa shape index (κ3) is 2.51. The molecule has 17 heavy (non-hydrogen) atoms. The molecule has 1 atom stereocenters. The Labute approximate surface area is 103 Å². The fourth-order valence-electron chi connectivity index (χ4n) is 2.97. The van der Waals surface area contributed by atoms with Gasteiger partial charge in [0.05, 0.1) is 5.92 Å². The van der Waals surface area contributed by atoms with E-state index in [-0.39, 0.29) is 5.92 Å². The molecule has 1 fully saturated rings. The maximum atomic E-state index is 11.6. The lowest BCUT2D eigenvalue weighted by Gasteiger charge is -2.21. The molecule has 1 aliphatic carbocycles. The van der Waals surface area contributed by atoms with Crippen LogP contribution in [-0.4, -0.2) is 11.1 Å². The molecule has 0 spiro atoms. The van der Waals surface area contributed by atoms with Crippen molar-refractivity contribution in [1.29, 1.82) is 0 Å². The van der Waals surface area contributed by atoms with Crippen molar-refractivity contribution in [3.8, 4) is 0 Å². The zero-order valence-electron chi connectivity index (χ0n) is 10.6. The molecule has 1 aromatic carbocycles. The lowest BCUT2D eigenvalue weighted by molar-refractivity contribution is -0.140. The standard InChI is InChI=1S/C15H20O2/c1-10-7-8-11(2)13(9-10)14(15(16)17)12-5-3-4-6-12/h7-9,12,14H,3-6H2,1-2H3,(H,16,17). The minimum absolute atomic E-state index is 0.308. The van der Waals surface area contributed by atoms with E-state index in [0.717, 1.165) is 29.5 Å². The Bertz CT molecular complexity index is 417. The monoisotopic (exact) mass is 232 g/mol. The Morgan fingerprint density at radius 2 is 1.94 bits per heavy atom. The minimum Gasteiger partial charge on any atom is -0.481 e. The van der Waals surface area contributed by atoms with Crippen molar-refractivity contribution in [3.05, 3.63) is 34.9 Å². The van der Waals surface area contributed by atoms with Crippen LogP contribution in [0.5, 0.6) is 0 Å². The van der Waals surface area contributed by atoms with Crippen LogP contribution in [0, 0.1) is 19.8 Å². The predicted molar refractivity (Wildman–Crippen MR) is 68.3 cm³/mol. The molecule has 0 aromatic heterocycles. The van der Waals surface area contributed by atoms with E-state index >= 15 is 0 Å². The van der Waals surface area contributed by atoms with Crippen molar-refractivity contribution in [1.82, 2.24) is 0 Å². The molecule has 0 radical (unpaired) electrons. The number of carboxylic acid groups (broad SMARTS) is 1. The molecule has 2 heteroatoms. The number of carbonyl (C=O) groups is 1. The summed E-state index contributed by atoms with van der Waals surface area (Å²) in [5.41, 5.74) is 3.27. The van der Waals surface area contributed by atoms with Crippen LogP contribution >= 0.6 is 0 Å². The summed E-state index contributed by atoms with van der Waals surface area (Å²) in [7, 11) is 0. The van der Waals surface area contributed by atoms with Gasteiger partial charge in [-0.25, -0.2) is 0 Å². The summed E-state index contributed by atoms with van der Waals surface area (Å²) in [5.74, 6) is -0.643. The molecular formula is C15H20O2. The Kier molecular flexibility index (Phi) is 3.51. The van der Waals surface area contributed by atoms with Gasteiger partial charge in [-0.15, -0.1) is 0 Å². The number of benzene rings is 1. The molecule has 92 valence electrons. The molecule has 0 saturated heterocycles. The van der Waals surface area contributed by atoms with Crippen LogP contribution in [0.1, 0.15) is 48.3 Å². The van der Waals surface area contributed by atoms with Gasteiger partial charge in [0.25, 0.3) is 0 Å². The van der Waals surface area contributed by atoms with Crippen molar-refractivity contribution in [2.75, 3.05) is 0 Å². The van der Waals surface area contributed by atoms with Crippen LogP contribution in [0.15, 0.2) is 18.2 Å². The Hall–Kier alpha value is -1.31. The Morgan fingerprint density at radius 3 is 2.53 bits per heavy atom. The van der Waals surface area contributed by atoms with Gasteiger partial charge in [-0.2, -0.15) is 0 Å². The van der Waals surface area contributed by atoms with Gasteiger partial charge in [-0.1, -0.05) is 36.6 Å². The molecule has 1 N–H and O–H groups in total. The second-order valence-corrected chi connectivity index (χ2v) is 5.22. The van der Waals surface area contributed by atoms with E-state index in [9.17, 15) is 9.90 Å². The summed E-state index contributed by atoms with van der Waals surface area (Å²) in [6.07, 6.45) is 4.48. The molecular weight excluding hydrogens is 212 g/mol. The van der Waals surface area contributed by atoms with Crippen LogP contribution in [0.3, 0.4) is 0 Å². The number of aliphatic carboxylic acids is 1. The van der Waals surface area contributed by atoms with Crippen molar-refractivity contribution in [2.24, 2.45) is 5.92 Å².